The molecule has 1 aromatic carbocycles. The fourth-order valence-corrected chi connectivity index (χ4v) is 1.76. The van der Waals surface area contributed by atoms with Crippen molar-refractivity contribution < 1.29 is 9.59 Å². The van der Waals surface area contributed by atoms with Crippen LogP contribution in [0.25, 0.3) is 0 Å². The van der Waals surface area contributed by atoms with Crippen LogP contribution in [0.5, 0.6) is 0 Å². The van der Waals surface area contributed by atoms with Crippen molar-refractivity contribution in [3.8, 4) is 0 Å². The zero-order chi connectivity index (χ0) is 11.0. The van der Waals surface area contributed by atoms with Gasteiger partial charge in [-0.2, -0.15) is 0 Å². The van der Waals surface area contributed by atoms with Gasteiger partial charge >= 0.3 is 0 Å². The van der Waals surface area contributed by atoms with Crippen LogP contribution in [-0.2, 0) is 6.54 Å². The smallest absolute Gasteiger partial charge is 0.259 e. The molecule has 0 spiro atoms. The largest absolute Gasteiger partial charge is 0.305 e. The van der Waals surface area contributed by atoms with E-state index in [4.69, 9.17) is 0 Å². The first-order valence-electron chi connectivity index (χ1n) is 4.72. The maximum absolute atomic E-state index is 11.5. The summed E-state index contributed by atoms with van der Waals surface area (Å²) in [6.45, 7) is 0.657. The Hall–Kier alpha value is -1.68. The molecule has 0 saturated carbocycles. The molecule has 1 N–H and O–H groups in total. The number of benzene rings is 1. The van der Waals surface area contributed by atoms with E-state index in [1.165, 1.54) is 0 Å². The average molecular weight is 204 g/mol. The first-order valence-corrected chi connectivity index (χ1v) is 4.72. The summed E-state index contributed by atoms with van der Waals surface area (Å²) in [6.07, 6.45) is 0. The van der Waals surface area contributed by atoms with Gasteiger partial charge in [-0.15, -0.1) is 0 Å². The SMILES string of the molecule is CN(C)Cc1cccc2c1C(=O)NC2=O. The van der Waals surface area contributed by atoms with Crippen LogP contribution in [0.15, 0.2) is 18.2 Å². The minimum atomic E-state index is -0.296. The predicted molar refractivity (Wildman–Crippen MR) is 55.6 cm³/mol. The lowest BCUT2D eigenvalue weighted by molar-refractivity contribution is 0.0879. The van der Waals surface area contributed by atoms with Crippen molar-refractivity contribution in [3.63, 3.8) is 0 Å². The molecule has 2 rings (SSSR count). The van der Waals surface area contributed by atoms with Crippen LogP contribution in [-0.4, -0.2) is 30.8 Å². The molecule has 2 amide bonds. The summed E-state index contributed by atoms with van der Waals surface area (Å²) < 4.78 is 0. The Morgan fingerprint density at radius 2 is 1.93 bits per heavy atom. The number of carbonyl (C=O) groups is 2. The number of nitrogens with one attached hydrogen (secondary N) is 1. The van der Waals surface area contributed by atoms with Crippen molar-refractivity contribution in [3.05, 3.63) is 34.9 Å². The number of rotatable bonds is 2. The van der Waals surface area contributed by atoms with Gasteiger partial charge in [0.2, 0.25) is 0 Å². The van der Waals surface area contributed by atoms with Crippen molar-refractivity contribution in [2.24, 2.45) is 0 Å². The molecule has 1 aliphatic heterocycles. The number of hydrogen-bond acceptors (Lipinski definition) is 3. The highest BCUT2D eigenvalue weighted by atomic mass is 16.2. The quantitative estimate of drug-likeness (QED) is 0.719. The van der Waals surface area contributed by atoms with Gasteiger partial charge in [0.1, 0.15) is 0 Å². The summed E-state index contributed by atoms with van der Waals surface area (Å²) in [6, 6.07) is 5.35. The zero-order valence-electron chi connectivity index (χ0n) is 8.70. The number of carbonyl (C=O) groups excluding carboxylic acids is 2. The summed E-state index contributed by atoms with van der Waals surface area (Å²) >= 11 is 0. The van der Waals surface area contributed by atoms with Gasteiger partial charge in [-0.25, -0.2) is 0 Å². The van der Waals surface area contributed by atoms with Gasteiger partial charge in [0, 0.05) is 6.54 Å². The lowest BCUT2D eigenvalue weighted by Crippen LogP contribution is -2.21. The Bertz CT molecular complexity index is 438. The highest BCUT2D eigenvalue weighted by molar-refractivity contribution is 6.22. The van der Waals surface area contributed by atoms with Crippen LogP contribution < -0.4 is 5.32 Å². The molecule has 0 aromatic heterocycles. The summed E-state index contributed by atoms with van der Waals surface area (Å²) in [5, 5.41) is 2.30. The van der Waals surface area contributed by atoms with E-state index in [9.17, 15) is 9.59 Å². The number of fused-ring (bicyclic) bond motifs is 1. The molecule has 78 valence electrons. The van der Waals surface area contributed by atoms with E-state index in [0.717, 1.165) is 5.56 Å². The molecule has 0 fully saturated rings. The number of hydrogen-bond donors (Lipinski definition) is 1. The van der Waals surface area contributed by atoms with E-state index in [-0.39, 0.29) is 11.8 Å². The molecule has 0 saturated heterocycles. The third-order valence-electron chi connectivity index (χ3n) is 2.34. The average Bonchev–Trinajstić information content (AvgIpc) is 2.43. The molecule has 4 nitrogen and oxygen atoms in total. The third-order valence-corrected chi connectivity index (χ3v) is 2.34. The van der Waals surface area contributed by atoms with Gasteiger partial charge in [0.25, 0.3) is 11.8 Å². The number of amides is 2. The minimum Gasteiger partial charge on any atom is -0.305 e. The van der Waals surface area contributed by atoms with Crippen LogP contribution >= 0.6 is 0 Å². The zero-order valence-corrected chi connectivity index (χ0v) is 8.70. The van der Waals surface area contributed by atoms with E-state index >= 15 is 0 Å². The first-order chi connectivity index (χ1) is 7.09. The molecular weight excluding hydrogens is 192 g/mol. The van der Waals surface area contributed by atoms with E-state index in [2.05, 4.69) is 5.32 Å². The Balaban J connectivity index is 2.50. The lowest BCUT2D eigenvalue weighted by atomic mass is 10.0. The maximum atomic E-state index is 11.5. The van der Waals surface area contributed by atoms with Gasteiger partial charge in [-0.05, 0) is 25.7 Å². The van der Waals surface area contributed by atoms with Crippen LogP contribution in [0.1, 0.15) is 26.3 Å². The number of nitrogens with zero attached hydrogens (tertiary/aromatic N) is 1. The lowest BCUT2D eigenvalue weighted by Gasteiger charge is -2.11. The Kier molecular flexibility index (Phi) is 2.28. The minimum absolute atomic E-state index is 0.285. The second-order valence-corrected chi connectivity index (χ2v) is 3.86. The first kappa shape index (κ1) is 9.86. The summed E-state index contributed by atoms with van der Waals surface area (Å²) in [5.74, 6) is -0.581. The van der Waals surface area contributed by atoms with Gasteiger partial charge in [0.05, 0.1) is 11.1 Å². The van der Waals surface area contributed by atoms with Crippen LogP contribution in [0.4, 0.5) is 0 Å². The maximum Gasteiger partial charge on any atom is 0.259 e. The molecule has 0 radical (unpaired) electrons. The Morgan fingerprint density at radius 3 is 2.60 bits per heavy atom. The van der Waals surface area contributed by atoms with E-state index < -0.39 is 0 Å². The Morgan fingerprint density at radius 1 is 1.20 bits per heavy atom. The van der Waals surface area contributed by atoms with Crippen LogP contribution in [0, 0.1) is 0 Å². The summed E-state index contributed by atoms with van der Waals surface area (Å²) in [4.78, 5) is 24.9. The third kappa shape index (κ3) is 1.64. The second-order valence-electron chi connectivity index (χ2n) is 3.86. The van der Waals surface area contributed by atoms with Crippen molar-refractivity contribution in [1.82, 2.24) is 10.2 Å². The predicted octanol–water partition coefficient (Wildman–Crippen LogP) is 0.632. The molecule has 0 unspecified atom stereocenters. The fourth-order valence-electron chi connectivity index (χ4n) is 1.76. The second kappa shape index (κ2) is 3.47. The number of imide groups is 1. The van der Waals surface area contributed by atoms with E-state index in [0.29, 0.717) is 17.7 Å². The normalized spacial score (nSPS) is 14.3. The molecule has 1 heterocycles. The summed E-state index contributed by atoms with van der Waals surface area (Å²) in [7, 11) is 3.85. The molecule has 0 atom stereocenters. The van der Waals surface area contributed by atoms with Crippen molar-refractivity contribution in [1.29, 1.82) is 0 Å². The fraction of sp³-hybridized carbons (Fsp3) is 0.273. The molecule has 15 heavy (non-hydrogen) atoms. The van der Waals surface area contributed by atoms with E-state index in [1.54, 1.807) is 12.1 Å². The molecule has 4 heteroatoms. The van der Waals surface area contributed by atoms with Crippen molar-refractivity contribution in [2.45, 2.75) is 6.54 Å². The van der Waals surface area contributed by atoms with Gasteiger partial charge in [0.15, 0.2) is 0 Å². The van der Waals surface area contributed by atoms with Crippen molar-refractivity contribution in [2.75, 3.05) is 14.1 Å². The Labute approximate surface area is 87.9 Å². The highest BCUT2D eigenvalue weighted by Gasteiger charge is 2.28. The monoisotopic (exact) mass is 204 g/mol. The van der Waals surface area contributed by atoms with E-state index in [1.807, 2.05) is 25.1 Å². The van der Waals surface area contributed by atoms with Crippen LogP contribution in [0.2, 0.25) is 0 Å². The molecule has 1 aliphatic rings. The molecule has 0 bridgehead atoms. The van der Waals surface area contributed by atoms with Gasteiger partial charge in [-0.1, -0.05) is 12.1 Å². The topological polar surface area (TPSA) is 49.4 Å². The van der Waals surface area contributed by atoms with Crippen molar-refractivity contribution >= 4 is 11.8 Å². The molecule has 0 aliphatic carbocycles. The van der Waals surface area contributed by atoms with Gasteiger partial charge in [-0.3, -0.25) is 14.9 Å². The standard InChI is InChI=1S/C11H12N2O2/c1-13(2)6-7-4-3-5-8-9(7)11(15)12-10(8)14/h3-5H,6H2,1-2H3,(H,12,14,15). The molecule has 1 aromatic rings. The van der Waals surface area contributed by atoms with Gasteiger partial charge < -0.3 is 4.90 Å². The summed E-state index contributed by atoms with van der Waals surface area (Å²) in [5.41, 5.74) is 1.90. The molecular formula is C11H12N2O2. The highest BCUT2D eigenvalue weighted by Crippen LogP contribution is 2.20. The van der Waals surface area contributed by atoms with Crippen LogP contribution in [0.3, 0.4) is 0 Å².